The fourth-order valence-electron chi connectivity index (χ4n) is 2.52. The largest absolute Gasteiger partial charge is 0.573 e. The summed E-state index contributed by atoms with van der Waals surface area (Å²) < 4.78 is 107. The smallest absolute Gasteiger partial charge is 0.406 e. The fraction of sp³-hybridized carbons (Fsp3) is 0.200. The van der Waals surface area contributed by atoms with Crippen LogP contribution >= 0.6 is 0 Å². The maximum Gasteiger partial charge on any atom is 0.573 e. The Hall–Kier alpha value is -3.73. The summed E-state index contributed by atoms with van der Waals surface area (Å²) in [6.07, 6.45) is -9.84. The predicted octanol–water partition coefficient (Wildman–Crippen LogP) is 4.95. The lowest BCUT2D eigenvalue weighted by Gasteiger charge is -2.16. The molecule has 2 rings (SSSR count). The molecule has 0 atom stereocenters. The molecule has 2 N–H and O–H groups in total. The maximum atomic E-state index is 13.2. The number of hydrogen-bond donors (Lipinski definition) is 2. The van der Waals surface area contributed by atoms with Crippen molar-refractivity contribution in [2.24, 2.45) is 0 Å². The highest BCUT2D eigenvalue weighted by Crippen LogP contribution is 2.33. The molecular weight excluding hydrogens is 492 g/mol. The molecule has 0 radical (unpaired) electrons. The van der Waals surface area contributed by atoms with Crippen LogP contribution in [-0.4, -0.2) is 20.7 Å². The van der Waals surface area contributed by atoms with Gasteiger partial charge in [-0.3, -0.25) is 9.52 Å². The van der Waals surface area contributed by atoms with Gasteiger partial charge in [0.1, 0.15) is 5.75 Å². The van der Waals surface area contributed by atoms with Crippen molar-refractivity contribution in [1.29, 1.82) is 5.26 Å². The number of hydrogen-bond acceptors (Lipinski definition) is 5. The van der Waals surface area contributed by atoms with Crippen LogP contribution in [0.15, 0.2) is 59.6 Å². The first kappa shape index (κ1) is 26.5. The van der Waals surface area contributed by atoms with Crippen molar-refractivity contribution in [2.75, 3.05) is 4.72 Å². The molecule has 2 aromatic carbocycles. The highest BCUT2D eigenvalue weighted by Gasteiger charge is 2.33. The maximum absolute atomic E-state index is 13.2. The Labute approximate surface area is 189 Å². The zero-order chi connectivity index (χ0) is 25.7. The Morgan fingerprint density at radius 3 is 2.21 bits per heavy atom. The average molecular weight is 507 g/mol. The monoisotopic (exact) mass is 507 g/mol. The van der Waals surface area contributed by atoms with Crippen molar-refractivity contribution in [3.63, 3.8) is 0 Å². The summed E-state index contributed by atoms with van der Waals surface area (Å²) in [5.41, 5.74) is -2.43. The van der Waals surface area contributed by atoms with Crippen LogP contribution in [0.25, 0.3) is 0 Å². The van der Waals surface area contributed by atoms with E-state index in [0.29, 0.717) is 24.3 Å². The summed E-state index contributed by atoms with van der Waals surface area (Å²) in [4.78, 5) is 11.9. The van der Waals surface area contributed by atoms with Crippen molar-refractivity contribution in [1.82, 2.24) is 5.32 Å². The van der Waals surface area contributed by atoms with Crippen molar-refractivity contribution < 1.29 is 44.3 Å². The number of benzene rings is 2. The van der Waals surface area contributed by atoms with Gasteiger partial charge in [-0.25, -0.2) is 8.42 Å². The van der Waals surface area contributed by atoms with Gasteiger partial charge < -0.3 is 10.1 Å². The van der Waals surface area contributed by atoms with E-state index in [9.17, 15) is 39.6 Å². The molecule has 0 heterocycles. The summed E-state index contributed by atoms with van der Waals surface area (Å²) in [5, 5.41) is 10.8. The summed E-state index contributed by atoms with van der Waals surface area (Å²) in [6.45, 7) is 3.51. The van der Waals surface area contributed by atoms with E-state index in [0.717, 1.165) is 18.2 Å². The molecule has 34 heavy (non-hydrogen) atoms. The minimum Gasteiger partial charge on any atom is -0.406 e. The molecule has 0 unspecified atom stereocenters. The Morgan fingerprint density at radius 2 is 1.68 bits per heavy atom. The van der Waals surface area contributed by atoms with E-state index in [1.807, 2.05) is 10.8 Å². The number of carbonyl (C=O) groups is 1. The number of amides is 1. The number of nitriles is 1. The first-order chi connectivity index (χ1) is 15.6. The van der Waals surface area contributed by atoms with E-state index in [2.05, 4.69) is 16.6 Å². The van der Waals surface area contributed by atoms with Crippen LogP contribution in [0.3, 0.4) is 0 Å². The molecule has 0 spiro atoms. The first-order valence-corrected chi connectivity index (χ1v) is 10.6. The number of anilines is 1. The van der Waals surface area contributed by atoms with Crippen molar-refractivity contribution in [3.8, 4) is 11.8 Å². The zero-order valence-corrected chi connectivity index (χ0v) is 17.7. The number of ether oxygens (including phenoxy) is 1. The Kier molecular flexibility index (Phi) is 7.83. The summed E-state index contributed by atoms with van der Waals surface area (Å²) in [7, 11) is -4.63. The number of carbonyl (C=O) groups excluding carboxylic acids is 1. The Balaban J connectivity index is 2.40. The van der Waals surface area contributed by atoms with Gasteiger partial charge in [-0.05, 0) is 48.9 Å². The van der Waals surface area contributed by atoms with E-state index < -0.39 is 55.9 Å². The average Bonchev–Trinajstić information content (AvgIpc) is 2.70. The van der Waals surface area contributed by atoms with Gasteiger partial charge in [0.15, 0.2) is 0 Å². The summed E-state index contributed by atoms with van der Waals surface area (Å²) >= 11 is 0. The van der Waals surface area contributed by atoms with Gasteiger partial charge in [-0.1, -0.05) is 6.58 Å². The molecule has 1 amide bonds. The number of sulfonamides is 1. The van der Waals surface area contributed by atoms with Gasteiger partial charge in [0.05, 0.1) is 27.8 Å². The van der Waals surface area contributed by atoms with Gasteiger partial charge in [-0.2, -0.15) is 18.4 Å². The van der Waals surface area contributed by atoms with E-state index in [1.165, 1.54) is 0 Å². The second-order valence-corrected chi connectivity index (χ2v) is 8.28. The normalized spacial score (nSPS) is 11.9. The third-order valence-corrected chi connectivity index (χ3v) is 5.41. The fourth-order valence-corrected chi connectivity index (χ4v) is 3.59. The van der Waals surface area contributed by atoms with E-state index in [4.69, 9.17) is 5.26 Å². The first-order valence-electron chi connectivity index (χ1n) is 9.08. The molecule has 2 aromatic rings. The van der Waals surface area contributed by atoms with Crippen molar-refractivity contribution in [3.05, 3.63) is 65.9 Å². The molecule has 0 saturated heterocycles. The van der Waals surface area contributed by atoms with Gasteiger partial charge in [-0.15, -0.1) is 13.2 Å². The third kappa shape index (κ3) is 7.41. The van der Waals surface area contributed by atoms with Crippen LogP contribution in [-0.2, 0) is 16.2 Å². The van der Waals surface area contributed by atoms with Gasteiger partial charge >= 0.3 is 12.5 Å². The van der Waals surface area contributed by atoms with E-state index in [-0.39, 0.29) is 18.5 Å². The van der Waals surface area contributed by atoms with Crippen LogP contribution < -0.4 is 14.8 Å². The minimum atomic E-state index is -5.02. The second-order valence-electron chi connectivity index (χ2n) is 6.60. The molecule has 0 aliphatic carbocycles. The van der Waals surface area contributed by atoms with Crippen molar-refractivity contribution >= 4 is 21.6 Å². The lowest BCUT2D eigenvalue weighted by atomic mass is 10.1. The summed E-state index contributed by atoms with van der Waals surface area (Å²) in [5.74, 6) is -1.72. The molecular formula is C20H15F6N3O4S. The zero-order valence-electron chi connectivity index (χ0n) is 16.9. The molecule has 0 aromatic heterocycles. The number of alkyl halides is 6. The number of nitrogens with one attached hydrogen (secondary N) is 2. The number of halogens is 6. The van der Waals surface area contributed by atoms with Crippen LogP contribution in [0.2, 0.25) is 0 Å². The van der Waals surface area contributed by atoms with Gasteiger partial charge in [0.2, 0.25) is 0 Å². The highest BCUT2D eigenvalue weighted by molar-refractivity contribution is 7.92. The molecule has 14 heteroatoms. The second kappa shape index (κ2) is 10.0. The van der Waals surface area contributed by atoms with Crippen molar-refractivity contribution in [2.45, 2.75) is 30.3 Å². The Morgan fingerprint density at radius 1 is 1.06 bits per heavy atom. The molecule has 182 valence electrons. The SMILES string of the molecule is C=C(CCC#N)NC(=O)c1ccc(C(F)(F)F)cc1NS(=O)(=O)c1ccc(OC(F)(F)F)cc1. The molecule has 7 nitrogen and oxygen atoms in total. The minimum absolute atomic E-state index is 0.000338. The van der Waals surface area contributed by atoms with E-state index in [1.54, 1.807) is 0 Å². The van der Waals surface area contributed by atoms with E-state index >= 15 is 0 Å². The third-order valence-electron chi connectivity index (χ3n) is 4.03. The number of nitrogens with zero attached hydrogens (tertiary/aromatic N) is 1. The van der Waals surface area contributed by atoms with Gasteiger partial charge in [0.25, 0.3) is 15.9 Å². The molecule has 0 aliphatic heterocycles. The highest BCUT2D eigenvalue weighted by atomic mass is 32.2. The molecule has 0 aliphatic rings. The Bertz CT molecular complexity index is 1220. The van der Waals surface area contributed by atoms with Crippen LogP contribution in [0, 0.1) is 11.3 Å². The molecule has 0 saturated carbocycles. The van der Waals surface area contributed by atoms with Crippen LogP contribution in [0.4, 0.5) is 32.0 Å². The molecule has 0 bridgehead atoms. The van der Waals surface area contributed by atoms with Gasteiger partial charge in [0, 0.05) is 12.1 Å². The topological polar surface area (TPSA) is 108 Å². The number of rotatable bonds is 8. The standard InChI is InChI=1S/C20H15F6N3O4S/c1-12(3-2-10-27)28-18(30)16-9-4-13(19(21,22)23)11-17(16)29-34(31,32)15-7-5-14(6-8-15)33-20(24,25)26/h4-9,11,29H,1-3H2,(H,28,30). The van der Waals surface area contributed by atoms with Crippen LogP contribution in [0.1, 0.15) is 28.8 Å². The number of allylic oxidation sites excluding steroid dienone is 1. The molecule has 0 fully saturated rings. The predicted molar refractivity (Wildman–Crippen MR) is 107 cm³/mol. The quantitative estimate of drug-likeness (QED) is 0.492. The van der Waals surface area contributed by atoms with Crippen LogP contribution in [0.5, 0.6) is 5.75 Å². The lowest BCUT2D eigenvalue weighted by Crippen LogP contribution is -2.25. The lowest BCUT2D eigenvalue weighted by molar-refractivity contribution is -0.274. The summed E-state index contributed by atoms with van der Waals surface area (Å²) in [6, 6.07) is 6.38.